The van der Waals surface area contributed by atoms with Gasteiger partial charge in [0.1, 0.15) is 0 Å². The summed E-state index contributed by atoms with van der Waals surface area (Å²) in [5.74, 6) is -0.489. The molecule has 0 aromatic carbocycles. The number of hydrogen-bond donors (Lipinski definition) is 1. The van der Waals surface area contributed by atoms with E-state index in [1.54, 1.807) is 18.0 Å². The summed E-state index contributed by atoms with van der Waals surface area (Å²) in [7, 11) is 3.49. The van der Waals surface area contributed by atoms with Crippen molar-refractivity contribution in [3.05, 3.63) is 18.0 Å². The monoisotopic (exact) mass is 378 g/mol. The average Bonchev–Trinajstić information content (AvgIpc) is 3.01. The maximum absolute atomic E-state index is 13.4. The molecule has 1 aromatic heterocycles. The van der Waals surface area contributed by atoms with Crippen LogP contribution < -0.4 is 5.32 Å². The first-order chi connectivity index (χ1) is 12.7. The van der Waals surface area contributed by atoms with Crippen molar-refractivity contribution in [3.63, 3.8) is 0 Å². The fourth-order valence-corrected chi connectivity index (χ4v) is 3.68. The van der Waals surface area contributed by atoms with Gasteiger partial charge < -0.3 is 15.0 Å². The number of hydrogen-bond acceptors (Lipinski definition) is 4. The quantitative estimate of drug-likeness (QED) is 0.788. The molecule has 2 atom stereocenters. The van der Waals surface area contributed by atoms with Crippen LogP contribution in [0.2, 0.25) is 0 Å². The highest BCUT2D eigenvalue weighted by Gasteiger charge is 2.38. The van der Waals surface area contributed by atoms with Crippen molar-refractivity contribution in [2.75, 3.05) is 20.3 Å². The zero-order valence-electron chi connectivity index (χ0n) is 17.3. The molecular formula is C20H34N4O3. The fraction of sp³-hybridized carbons (Fsp3) is 0.750. The van der Waals surface area contributed by atoms with Crippen molar-refractivity contribution in [3.8, 4) is 0 Å². The van der Waals surface area contributed by atoms with Crippen LogP contribution in [-0.2, 0) is 27.9 Å². The number of aromatic nitrogens is 2. The van der Waals surface area contributed by atoms with Gasteiger partial charge in [-0.2, -0.15) is 5.10 Å². The second-order valence-corrected chi connectivity index (χ2v) is 8.51. The fourth-order valence-electron chi connectivity index (χ4n) is 3.68. The van der Waals surface area contributed by atoms with E-state index in [0.717, 1.165) is 31.2 Å². The van der Waals surface area contributed by atoms with Crippen molar-refractivity contribution in [2.45, 2.75) is 58.5 Å². The van der Waals surface area contributed by atoms with Crippen molar-refractivity contribution < 1.29 is 14.3 Å². The number of carbonyl (C=O) groups is 2. The molecule has 1 aromatic rings. The highest BCUT2D eigenvalue weighted by atomic mass is 16.5. The Morgan fingerprint density at radius 2 is 1.96 bits per heavy atom. The molecule has 7 nitrogen and oxygen atoms in total. The number of carbonyl (C=O) groups excluding carboxylic acids is 2. The summed E-state index contributed by atoms with van der Waals surface area (Å²) in [5.41, 5.74) is 0.682. The minimum Gasteiger partial charge on any atom is -0.383 e. The maximum Gasteiger partial charge on any atom is 0.226 e. The van der Waals surface area contributed by atoms with Gasteiger partial charge >= 0.3 is 0 Å². The molecule has 2 rings (SSSR count). The Labute approximate surface area is 162 Å². The Bertz CT molecular complexity index is 635. The largest absolute Gasteiger partial charge is 0.383 e. The van der Waals surface area contributed by atoms with E-state index in [4.69, 9.17) is 4.74 Å². The molecular weight excluding hydrogens is 344 g/mol. The van der Waals surface area contributed by atoms with Crippen LogP contribution in [0.4, 0.5) is 0 Å². The summed E-state index contributed by atoms with van der Waals surface area (Å²) in [4.78, 5) is 28.0. The van der Waals surface area contributed by atoms with Crippen LogP contribution in [0.25, 0.3) is 0 Å². The Morgan fingerprint density at radius 1 is 1.30 bits per heavy atom. The highest BCUT2D eigenvalue weighted by molar-refractivity contribution is 5.88. The lowest BCUT2D eigenvalue weighted by Crippen LogP contribution is -2.50. The number of nitrogens with one attached hydrogen (secondary N) is 1. The third-order valence-electron chi connectivity index (χ3n) is 4.93. The van der Waals surface area contributed by atoms with E-state index in [-0.39, 0.29) is 29.2 Å². The van der Waals surface area contributed by atoms with Crippen LogP contribution >= 0.6 is 0 Å². The molecule has 0 spiro atoms. The first kappa shape index (κ1) is 21.4. The SMILES string of the molecule is COCCN(Cc1cnn(C)c1)C(=O)[C@H]1CCCC[C@H]1C(=O)NC(C)(C)C. The van der Waals surface area contributed by atoms with Gasteiger partial charge in [-0.15, -0.1) is 0 Å². The van der Waals surface area contributed by atoms with E-state index in [9.17, 15) is 9.59 Å². The zero-order chi connectivity index (χ0) is 20.0. The number of rotatable bonds is 7. The van der Waals surface area contributed by atoms with Crippen LogP contribution in [0.1, 0.15) is 52.0 Å². The predicted molar refractivity (Wildman–Crippen MR) is 104 cm³/mol. The lowest BCUT2D eigenvalue weighted by molar-refractivity contribution is -0.145. The Balaban J connectivity index is 2.15. The number of ether oxygens (including phenoxy) is 1. The second kappa shape index (κ2) is 9.35. The molecule has 0 radical (unpaired) electrons. The Morgan fingerprint density at radius 3 is 2.52 bits per heavy atom. The van der Waals surface area contributed by atoms with Gasteiger partial charge in [-0.3, -0.25) is 14.3 Å². The van der Waals surface area contributed by atoms with E-state index in [2.05, 4.69) is 10.4 Å². The predicted octanol–water partition coefficient (Wildman–Crippen LogP) is 2.12. The topological polar surface area (TPSA) is 76.5 Å². The smallest absolute Gasteiger partial charge is 0.226 e. The molecule has 2 amide bonds. The van der Waals surface area contributed by atoms with E-state index in [1.807, 2.05) is 38.9 Å². The summed E-state index contributed by atoms with van der Waals surface area (Å²) in [6.45, 7) is 7.37. The molecule has 0 saturated heterocycles. The lowest BCUT2D eigenvalue weighted by Gasteiger charge is -2.35. The van der Waals surface area contributed by atoms with Crippen LogP contribution in [-0.4, -0.2) is 52.3 Å². The summed E-state index contributed by atoms with van der Waals surface area (Å²) >= 11 is 0. The molecule has 0 unspecified atom stereocenters. The van der Waals surface area contributed by atoms with Crippen molar-refractivity contribution >= 4 is 11.8 Å². The van der Waals surface area contributed by atoms with Crippen LogP contribution in [0, 0.1) is 11.8 Å². The first-order valence-electron chi connectivity index (χ1n) is 9.78. The van der Waals surface area contributed by atoms with Crippen LogP contribution in [0.15, 0.2) is 12.4 Å². The second-order valence-electron chi connectivity index (χ2n) is 8.51. The van der Waals surface area contributed by atoms with E-state index < -0.39 is 0 Å². The minimum atomic E-state index is -0.298. The summed E-state index contributed by atoms with van der Waals surface area (Å²) in [6, 6.07) is 0. The molecule has 1 N–H and O–H groups in total. The highest BCUT2D eigenvalue weighted by Crippen LogP contribution is 2.32. The molecule has 1 aliphatic rings. The summed E-state index contributed by atoms with van der Waals surface area (Å²) in [6.07, 6.45) is 7.20. The van der Waals surface area contributed by atoms with Gasteiger partial charge in [-0.25, -0.2) is 0 Å². The van der Waals surface area contributed by atoms with Gasteiger partial charge in [0.15, 0.2) is 0 Å². The maximum atomic E-state index is 13.4. The number of methoxy groups -OCH3 is 1. The number of aryl methyl sites for hydroxylation is 1. The molecule has 7 heteroatoms. The molecule has 27 heavy (non-hydrogen) atoms. The zero-order valence-corrected chi connectivity index (χ0v) is 17.3. The Kier molecular flexibility index (Phi) is 7.41. The molecule has 1 aliphatic carbocycles. The molecule has 1 fully saturated rings. The standard InChI is InChI=1S/C20H34N4O3/c1-20(2,3)22-18(25)16-8-6-7-9-17(16)19(26)24(10-11-27-5)14-15-12-21-23(4)13-15/h12-13,16-17H,6-11,14H2,1-5H3,(H,22,25)/t16-,17+/m1/s1. The van der Waals surface area contributed by atoms with Gasteiger partial charge in [-0.05, 0) is 33.6 Å². The molecule has 1 saturated carbocycles. The molecule has 0 bridgehead atoms. The van der Waals surface area contributed by atoms with E-state index in [1.165, 1.54) is 0 Å². The normalized spacial score (nSPS) is 20.3. The number of amides is 2. The van der Waals surface area contributed by atoms with Crippen molar-refractivity contribution in [1.82, 2.24) is 20.0 Å². The third-order valence-corrected chi connectivity index (χ3v) is 4.93. The lowest BCUT2D eigenvalue weighted by atomic mass is 9.77. The third kappa shape index (κ3) is 6.34. The summed E-state index contributed by atoms with van der Waals surface area (Å²) in [5, 5.41) is 7.25. The van der Waals surface area contributed by atoms with Crippen LogP contribution in [0.5, 0.6) is 0 Å². The number of nitrogens with zero attached hydrogens (tertiary/aromatic N) is 3. The average molecular weight is 379 g/mol. The van der Waals surface area contributed by atoms with Gasteiger partial charge in [-0.1, -0.05) is 12.8 Å². The van der Waals surface area contributed by atoms with Gasteiger partial charge in [0.2, 0.25) is 11.8 Å². The van der Waals surface area contributed by atoms with Crippen LogP contribution in [0.3, 0.4) is 0 Å². The molecule has 152 valence electrons. The molecule has 1 heterocycles. The summed E-state index contributed by atoms with van der Waals surface area (Å²) < 4.78 is 6.93. The van der Waals surface area contributed by atoms with E-state index in [0.29, 0.717) is 19.7 Å². The minimum absolute atomic E-state index is 0.00591. The Hall–Kier alpha value is -1.89. The molecule has 0 aliphatic heterocycles. The van der Waals surface area contributed by atoms with Crippen molar-refractivity contribution in [2.24, 2.45) is 18.9 Å². The van der Waals surface area contributed by atoms with Gasteiger partial charge in [0, 0.05) is 56.4 Å². The van der Waals surface area contributed by atoms with Gasteiger partial charge in [0.05, 0.1) is 12.8 Å². The van der Waals surface area contributed by atoms with E-state index >= 15 is 0 Å². The van der Waals surface area contributed by atoms with Gasteiger partial charge in [0.25, 0.3) is 0 Å². The van der Waals surface area contributed by atoms with Crippen molar-refractivity contribution in [1.29, 1.82) is 0 Å². The first-order valence-corrected chi connectivity index (χ1v) is 9.78.